The number of aliphatic hydroxyl groups is 1. The number of hydrogen-bond acceptors (Lipinski definition) is 6. The predicted molar refractivity (Wildman–Crippen MR) is 187 cm³/mol. The molecule has 10 nitrogen and oxygen atoms in total. The van der Waals surface area contributed by atoms with Crippen LogP contribution in [0, 0.1) is 5.92 Å². The maximum Gasteiger partial charge on any atom is 0.415 e. The van der Waals surface area contributed by atoms with Crippen molar-refractivity contribution >= 4 is 40.3 Å². The molecule has 0 heterocycles. The minimum atomic E-state index is -1.25. The first-order chi connectivity index (χ1) is 23.0. The van der Waals surface area contributed by atoms with Gasteiger partial charge in [-0.2, -0.15) is 0 Å². The summed E-state index contributed by atoms with van der Waals surface area (Å²) in [6.45, 7) is 9.11. The molecular formula is C38H49N3O7. The Morgan fingerprint density at radius 2 is 1.54 bits per heavy atom. The molecule has 48 heavy (non-hydrogen) atoms. The second-order valence-corrected chi connectivity index (χ2v) is 12.4. The van der Waals surface area contributed by atoms with Gasteiger partial charge in [-0.3, -0.25) is 14.5 Å². The van der Waals surface area contributed by atoms with Crippen molar-refractivity contribution in [2.24, 2.45) is 5.92 Å². The van der Waals surface area contributed by atoms with Gasteiger partial charge >= 0.3 is 12.1 Å². The van der Waals surface area contributed by atoms with Crippen molar-refractivity contribution in [1.29, 1.82) is 0 Å². The van der Waals surface area contributed by atoms with Crippen molar-refractivity contribution < 1.29 is 34.1 Å². The van der Waals surface area contributed by atoms with Crippen molar-refractivity contribution in [3.05, 3.63) is 90.0 Å². The molecule has 0 spiro atoms. The zero-order valence-corrected chi connectivity index (χ0v) is 28.5. The summed E-state index contributed by atoms with van der Waals surface area (Å²) in [7, 11) is 0. The lowest BCUT2D eigenvalue weighted by atomic mass is 9.96. The second-order valence-electron chi connectivity index (χ2n) is 12.4. The lowest BCUT2D eigenvalue weighted by Crippen LogP contribution is -2.56. The number of fused-ring (bicyclic) bond motifs is 1. The monoisotopic (exact) mass is 659 g/mol. The Kier molecular flexibility index (Phi) is 14.6. The van der Waals surface area contributed by atoms with Crippen molar-refractivity contribution in [1.82, 2.24) is 10.6 Å². The Hall–Kier alpha value is -4.70. The number of nitrogens with one attached hydrogen (secondary N) is 2. The summed E-state index contributed by atoms with van der Waals surface area (Å²) in [4.78, 5) is 54.3. The fourth-order valence-corrected chi connectivity index (χ4v) is 5.50. The molecule has 0 radical (unpaired) electrons. The highest BCUT2D eigenvalue weighted by atomic mass is 16.6. The van der Waals surface area contributed by atoms with Crippen LogP contribution in [0.5, 0.6) is 0 Å². The van der Waals surface area contributed by atoms with Gasteiger partial charge in [-0.05, 0) is 55.2 Å². The molecule has 4 atom stereocenters. The second kappa shape index (κ2) is 18.6. The van der Waals surface area contributed by atoms with Gasteiger partial charge in [0.2, 0.25) is 11.8 Å². The van der Waals surface area contributed by atoms with Crippen LogP contribution < -0.4 is 15.5 Å². The van der Waals surface area contributed by atoms with E-state index >= 15 is 0 Å². The van der Waals surface area contributed by atoms with E-state index in [1.165, 1.54) is 11.0 Å². The van der Waals surface area contributed by atoms with E-state index in [0.717, 1.165) is 22.8 Å². The number of anilines is 1. The third kappa shape index (κ3) is 10.7. The minimum Gasteiger partial charge on any atom is -0.478 e. The Labute approximate surface area is 283 Å². The summed E-state index contributed by atoms with van der Waals surface area (Å²) < 4.78 is 5.71. The van der Waals surface area contributed by atoms with Gasteiger partial charge in [0.1, 0.15) is 18.7 Å². The van der Waals surface area contributed by atoms with Crippen LogP contribution in [0.4, 0.5) is 10.5 Å². The van der Waals surface area contributed by atoms with E-state index in [9.17, 15) is 29.4 Å². The van der Waals surface area contributed by atoms with Crippen LogP contribution in [0.1, 0.15) is 72.3 Å². The standard InChI is InChI=1S/C38H49N3O7/c1-6-8-20-31(36(44)40-32(22-25(3)4)34(42)23-28(7-2)37(45)46)39-35(43)26(5)41(38(47)48-24-27-15-10-9-11-16-27)33-21-14-18-29-17-12-13-19-30(29)33/h9-19,21,23,25-26,31-32,34,42H,6-8,20,22,24H2,1-5H3,(H,39,43)(H,40,44)(H,45,46)/t26-,31-,32-,34-/m0/s1. The largest absolute Gasteiger partial charge is 0.478 e. The fraction of sp³-hybridized carbons (Fsp3) is 0.421. The minimum absolute atomic E-state index is 0.00639. The third-order valence-corrected chi connectivity index (χ3v) is 8.17. The van der Waals surface area contributed by atoms with Gasteiger partial charge in [0.25, 0.3) is 0 Å². The van der Waals surface area contributed by atoms with E-state index in [4.69, 9.17) is 4.74 Å². The molecule has 10 heteroatoms. The molecule has 0 saturated carbocycles. The SMILES string of the molecule is CCCC[C@H](NC(=O)[C@H](C)N(C(=O)OCc1ccccc1)c1cccc2ccccc12)C(=O)N[C@@H](CC(C)C)[C@@H](O)C=C(CC)C(=O)O. The smallest absolute Gasteiger partial charge is 0.415 e. The first-order valence-electron chi connectivity index (χ1n) is 16.7. The summed E-state index contributed by atoms with van der Waals surface area (Å²) in [5.41, 5.74) is 1.32. The zero-order chi connectivity index (χ0) is 35.2. The molecule has 3 amide bonds. The third-order valence-electron chi connectivity index (χ3n) is 8.17. The topological polar surface area (TPSA) is 145 Å². The number of ether oxygens (including phenoxy) is 1. The van der Waals surface area contributed by atoms with E-state index in [2.05, 4.69) is 10.6 Å². The van der Waals surface area contributed by atoms with Crippen LogP contribution in [0.15, 0.2) is 84.4 Å². The number of carboxylic acids is 1. The average molecular weight is 660 g/mol. The number of carboxylic acid groups (broad SMARTS) is 1. The highest BCUT2D eigenvalue weighted by Gasteiger charge is 2.33. The Bertz CT molecular complexity index is 1550. The molecule has 0 unspecified atom stereocenters. The maximum atomic E-state index is 13.9. The average Bonchev–Trinajstić information content (AvgIpc) is 3.07. The highest BCUT2D eigenvalue weighted by Crippen LogP contribution is 2.29. The van der Waals surface area contributed by atoms with Gasteiger partial charge in [-0.15, -0.1) is 0 Å². The number of benzene rings is 3. The number of carbonyl (C=O) groups is 4. The van der Waals surface area contributed by atoms with E-state index in [1.54, 1.807) is 26.0 Å². The van der Waals surface area contributed by atoms with Gasteiger partial charge in [-0.1, -0.05) is 107 Å². The van der Waals surface area contributed by atoms with Crippen LogP contribution in [0.2, 0.25) is 0 Å². The molecule has 258 valence electrons. The van der Waals surface area contributed by atoms with Gasteiger partial charge in [0, 0.05) is 11.0 Å². The Morgan fingerprint density at radius 1 is 0.875 bits per heavy atom. The molecule has 0 aromatic heterocycles. The first-order valence-corrected chi connectivity index (χ1v) is 16.7. The number of amides is 3. The zero-order valence-electron chi connectivity index (χ0n) is 28.5. The van der Waals surface area contributed by atoms with Crippen LogP contribution in [0.3, 0.4) is 0 Å². The van der Waals surface area contributed by atoms with Crippen LogP contribution in [-0.4, -0.2) is 58.3 Å². The van der Waals surface area contributed by atoms with E-state index in [1.807, 2.05) is 81.4 Å². The Balaban J connectivity index is 1.90. The van der Waals surface area contributed by atoms with Gasteiger partial charge in [-0.25, -0.2) is 9.59 Å². The number of nitrogens with zero attached hydrogens (tertiary/aromatic N) is 1. The van der Waals surface area contributed by atoms with Gasteiger partial charge < -0.3 is 25.6 Å². The Morgan fingerprint density at radius 3 is 2.19 bits per heavy atom. The number of carbonyl (C=O) groups excluding carboxylic acids is 3. The van der Waals surface area contributed by atoms with Crippen LogP contribution >= 0.6 is 0 Å². The molecule has 3 aromatic carbocycles. The number of aliphatic hydroxyl groups excluding tert-OH is 1. The van der Waals surface area contributed by atoms with E-state index in [0.29, 0.717) is 24.9 Å². The number of rotatable bonds is 17. The molecule has 0 bridgehead atoms. The van der Waals surface area contributed by atoms with Crippen molar-refractivity contribution in [2.75, 3.05) is 4.90 Å². The molecule has 0 aliphatic heterocycles. The van der Waals surface area contributed by atoms with E-state index < -0.39 is 48.1 Å². The lowest BCUT2D eigenvalue weighted by molar-refractivity contribution is -0.132. The summed E-state index contributed by atoms with van der Waals surface area (Å²) in [5, 5.41) is 27.8. The lowest BCUT2D eigenvalue weighted by Gasteiger charge is -2.31. The summed E-state index contributed by atoms with van der Waals surface area (Å²) in [6, 6.07) is 19.4. The fourth-order valence-electron chi connectivity index (χ4n) is 5.50. The molecule has 0 saturated heterocycles. The molecular weight excluding hydrogens is 610 g/mol. The van der Waals surface area contributed by atoms with Crippen LogP contribution in [-0.2, 0) is 25.7 Å². The van der Waals surface area contributed by atoms with Gasteiger partial charge in [0.15, 0.2) is 0 Å². The molecule has 0 aliphatic carbocycles. The molecule has 4 N–H and O–H groups in total. The van der Waals surface area contributed by atoms with Crippen molar-refractivity contribution in [2.45, 2.75) is 97.6 Å². The van der Waals surface area contributed by atoms with Crippen molar-refractivity contribution in [3.63, 3.8) is 0 Å². The summed E-state index contributed by atoms with van der Waals surface area (Å²) >= 11 is 0. The number of unbranched alkanes of at least 4 members (excludes halogenated alkanes) is 1. The quantitative estimate of drug-likeness (QED) is 0.123. The van der Waals surface area contributed by atoms with E-state index in [-0.39, 0.29) is 24.5 Å². The predicted octanol–water partition coefficient (Wildman–Crippen LogP) is 6.36. The highest BCUT2D eigenvalue weighted by molar-refractivity contribution is 6.05. The van der Waals surface area contributed by atoms with Crippen LogP contribution in [0.25, 0.3) is 10.8 Å². The molecule has 0 fully saturated rings. The van der Waals surface area contributed by atoms with Crippen molar-refractivity contribution in [3.8, 4) is 0 Å². The number of hydrogen-bond donors (Lipinski definition) is 4. The van der Waals surface area contributed by atoms with Gasteiger partial charge in [0.05, 0.1) is 17.8 Å². The molecule has 0 aliphatic rings. The number of aliphatic carboxylic acids is 1. The molecule has 3 aromatic rings. The summed E-state index contributed by atoms with van der Waals surface area (Å²) in [5.74, 6) is -2.12. The maximum absolute atomic E-state index is 13.9. The molecule has 3 rings (SSSR count). The normalized spacial score (nSPS) is 14.1. The summed E-state index contributed by atoms with van der Waals surface area (Å²) in [6.07, 6.45) is 1.62. The first kappa shape index (κ1) is 37.8.